The number of ether oxygens (including phenoxy) is 1. The summed E-state index contributed by atoms with van der Waals surface area (Å²) in [4.78, 5) is 4.36. The van der Waals surface area contributed by atoms with Crippen LogP contribution in [0.15, 0.2) is 18.3 Å². The molecule has 1 aliphatic carbocycles. The fourth-order valence-corrected chi connectivity index (χ4v) is 2.84. The Morgan fingerprint density at radius 1 is 1.40 bits per heavy atom. The second kappa shape index (κ2) is 7.63. The van der Waals surface area contributed by atoms with Gasteiger partial charge in [-0.15, -0.1) is 0 Å². The lowest BCUT2D eigenvalue weighted by atomic mass is 9.85. The van der Waals surface area contributed by atoms with Crippen LogP contribution in [0.1, 0.15) is 58.4 Å². The molecule has 112 valence electrons. The zero-order chi connectivity index (χ0) is 14.4. The summed E-state index contributed by atoms with van der Waals surface area (Å²) >= 11 is 0. The van der Waals surface area contributed by atoms with E-state index in [1.54, 1.807) is 0 Å². The molecule has 2 rings (SSSR count). The fraction of sp³-hybridized carbons (Fsp3) is 0.706. The van der Waals surface area contributed by atoms with E-state index in [2.05, 4.69) is 43.2 Å². The number of nitrogens with zero attached hydrogens (tertiary/aromatic N) is 1. The molecule has 0 aliphatic heterocycles. The molecule has 20 heavy (non-hydrogen) atoms. The minimum absolute atomic E-state index is 0.356. The lowest BCUT2D eigenvalue weighted by Crippen LogP contribution is -2.25. The lowest BCUT2D eigenvalue weighted by Gasteiger charge is -2.28. The summed E-state index contributed by atoms with van der Waals surface area (Å²) in [7, 11) is 0. The maximum absolute atomic E-state index is 6.10. The van der Waals surface area contributed by atoms with Gasteiger partial charge in [-0.3, -0.25) is 0 Å². The van der Waals surface area contributed by atoms with Gasteiger partial charge in [0.2, 0.25) is 5.88 Å². The van der Waals surface area contributed by atoms with Crippen LogP contribution in [0, 0.1) is 5.92 Å². The fourth-order valence-electron chi connectivity index (χ4n) is 2.84. The normalized spacial score (nSPS) is 23.0. The quantitative estimate of drug-likeness (QED) is 0.855. The van der Waals surface area contributed by atoms with Crippen molar-refractivity contribution in [2.24, 2.45) is 5.92 Å². The summed E-state index contributed by atoms with van der Waals surface area (Å²) in [5, 5.41) is 3.43. The average molecular weight is 276 g/mol. The third-order valence-corrected chi connectivity index (χ3v) is 4.11. The summed E-state index contributed by atoms with van der Waals surface area (Å²) < 4.78 is 6.10. The van der Waals surface area contributed by atoms with Crippen LogP contribution in [0.3, 0.4) is 0 Å². The SMILES string of the molecule is CCC1CCCC(Oc2cc(CNC(C)C)ccn2)C1. The minimum atomic E-state index is 0.356. The second-order valence-corrected chi connectivity index (χ2v) is 6.22. The predicted octanol–water partition coefficient (Wildman–Crippen LogP) is 3.93. The average Bonchev–Trinajstić information content (AvgIpc) is 2.46. The maximum atomic E-state index is 6.10. The van der Waals surface area contributed by atoms with Crippen LogP contribution in [0.2, 0.25) is 0 Å². The van der Waals surface area contributed by atoms with Crippen molar-refractivity contribution in [3.63, 3.8) is 0 Å². The van der Waals surface area contributed by atoms with Gasteiger partial charge >= 0.3 is 0 Å². The van der Waals surface area contributed by atoms with Crippen molar-refractivity contribution in [1.29, 1.82) is 0 Å². The van der Waals surface area contributed by atoms with Crippen molar-refractivity contribution in [3.05, 3.63) is 23.9 Å². The Morgan fingerprint density at radius 2 is 2.25 bits per heavy atom. The van der Waals surface area contributed by atoms with Crippen LogP contribution >= 0.6 is 0 Å². The Morgan fingerprint density at radius 3 is 3.00 bits per heavy atom. The van der Waals surface area contributed by atoms with E-state index in [0.29, 0.717) is 12.1 Å². The standard InChI is InChI=1S/C17H28N2O/c1-4-14-6-5-7-16(10-14)20-17-11-15(8-9-18-17)12-19-13(2)3/h8-9,11,13-14,16,19H,4-7,10,12H2,1-3H3. The largest absolute Gasteiger partial charge is 0.474 e. The van der Waals surface area contributed by atoms with Gasteiger partial charge in [-0.1, -0.05) is 33.6 Å². The van der Waals surface area contributed by atoms with E-state index >= 15 is 0 Å². The number of aromatic nitrogens is 1. The van der Waals surface area contributed by atoms with E-state index in [1.807, 2.05) is 6.20 Å². The van der Waals surface area contributed by atoms with Gasteiger partial charge in [-0.25, -0.2) is 4.98 Å². The van der Waals surface area contributed by atoms with Crippen LogP contribution in [0.25, 0.3) is 0 Å². The Labute approximate surface area is 123 Å². The predicted molar refractivity (Wildman–Crippen MR) is 82.9 cm³/mol. The molecule has 1 fully saturated rings. The minimum Gasteiger partial charge on any atom is -0.474 e. The summed E-state index contributed by atoms with van der Waals surface area (Å²) in [6, 6.07) is 4.62. The molecule has 2 unspecified atom stereocenters. The van der Waals surface area contributed by atoms with E-state index in [1.165, 1.54) is 37.7 Å². The van der Waals surface area contributed by atoms with Gasteiger partial charge < -0.3 is 10.1 Å². The van der Waals surface area contributed by atoms with Crippen molar-refractivity contribution >= 4 is 0 Å². The van der Waals surface area contributed by atoms with Crippen LogP contribution in [-0.2, 0) is 6.54 Å². The highest BCUT2D eigenvalue weighted by molar-refractivity contribution is 5.20. The molecule has 1 aliphatic rings. The molecule has 2 atom stereocenters. The van der Waals surface area contributed by atoms with Crippen molar-refractivity contribution in [1.82, 2.24) is 10.3 Å². The summed E-state index contributed by atoms with van der Waals surface area (Å²) in [6.45, 7) is 7.47. The Balaban J connectivity index is 1.90. The molecule has 0 saturated heterocycles. The molecule has 3 nitrogen and oxygen atoms in total. The zero-order valence-electron chi connectivity index (χ0n) is 13.1. The molecule has 0 aromatic carbocycles. The molecule has 3 heteroatoms. The molecule has 1 aromatic heterocycles. The van der Waals surface area contributed by atoms with Crippen molar-refractivity contribution in [3.8, 4) is 5.88 Å². The summed E-state index contributed by atoms with van der Waals surface area (Å²) in [6.07, 6.45) is 8.49. The molecule has 0 spiro atoms. The maximum Gasteiger partial charge on any atom is 0.213 e. The van der Waals surface area contributed by atoms with E-state index in [-0.39, 0.29) is 0 Å². The van der Waals surface area contributed by atoms with Crippen molar-refractivity contribution < 1.29 is 4.74 Å². The first-order valence-electron chi connectivity index (χ1n) is 8.02. The van der Waals surface area contributed by atoms with E-state index in [9.17, 15) is 0 Å². The number of pyridine rings is 1. The summed E-state index contributed by atoms with van der Waals surface area (Å²) in [5.41, 5.74) is 1.24. The number of hydrogen-bond donors (Lipinski definition) is 1. The van der Waals surface area contributed by atoms with Crippen LogP contribution in [0.5, 0.6) is 5.88 Å². The molecule has 0 amide bonds. The summed E-state index contributed by atoms with van der Waals surface area (Å²) in [5.74, 6) is 1.62. The third kappa shape index (κ3) is 4.78. The topological polar surface area (TPSA) is 34.1 Å². The van der Waals surface area contributed by atoms with Gasteiger partial charge in [0.1, 0.15) is 6.10 Å². The van der Waals surface area contributed by atoms with Crippen molar-refractivity contribution in [2.75, 3.05) is 0 Å². The zero-order valence-corrected chi connectivity index (χ0v) is 13.1. The molecular formula is C17H28N2O. The van der Waals surface area contributed by atoms with Gasteiger partial charge in [-0.2, -0.15) is 0 Å². The Kier molecular flexibility index (Phi) is 5.84. The Hall–Kier alpha value is -1.09. The van der Waals surface area contributed by atoms with Gasteiger partial charge in [0.05, 0.1) is 0 Å². The van der Waals surface area contributed by atoms with Crippen LogP contribution in [0.4, 0.5) is 0 Å². The van der Waals surface area contributed by atoms with Gasteiger partial charge in [-0.05, 0) is 36.8 Å². The molecule has 1 saturated carbocycles. The first-order chi connectivity index (χ1) is 9.67. The van der Waals surface area contributed by atoms with Gasteiger partial charge in [0.15, 0.2) is 0 Å². The lowest BCUT2D eigenvalue weighted by molar-refractivity contribution is 0.117. The van der Waals surface area contributed by atoms with Gasteiger partial charge in [0, 0.05) is 24.8 Å². The monoisotopic (exact) mass is 276 g/mol. The van der Waals surface area contributed by atoms with Crippen LogP contribution < -0.4 is 10.1 Å². The highest BCUT2D eigenvalue weighted by atomic mass is 16.5. The molecule has 1 heterocycles. The number of nitrogens with one attached hydrogen (secondary N) is 1. The number of rotatable bonds is 6. The van der Waals surface area contributed by atoms with E-state index < -0.39 is 0 Å². The molecule has 1 aromatic rings. The van der Waals surface area contributed by atoms with E-state index in [4.69, 9.17) is 4.74 Å². The third-order valence-electron chi connectivity index (χ3n) is 4.11. The highest BCUT2D eigenvalue weighted by Crippen LogP contribution is 2.29. The second-order valence-electron chi connectivity index (χ2n) is 6.22. The first-order valence-corrected chi connectivity index (χ1v) is 8.02. The smallest absolute Gasteiger partial charge is 0.213 e. The molecule has 1 N–H and O–H groups in total. The molecular weight excluding hydrogens is 248 g/mol. The molecule has 0 radical (unpaired) electrons. The highest BCUT2D eigenvalue weighted by Gasteiger charge is 2.22. The van der Waals surface area contributed by atoms with Gasteiger partial charge in [0.25, 0.3) is 0 Å². The van der Waals surface area contributed by atoms with Crippen LogP contribution in [-0.4, -0.2) is 17.1 Å². The van der Waals surface area contributed by atoms with E-state index in [0.717, 1.165) is 18.3 Å². The first kappa shape index (κ1) is 15.3. The van der Waals surface area contributed by atoms with Crippen molar-refractivity contribution in [2.45, 2.75) is 71.6 Å². The Bertz CT molecular complexity index is 406. The number of hydrogen-bond acceptors (Lipinski definition) is 3. The molecule has 0 bridgehead atoms.